The summed E-state index contributed by atoms with van der Waals surface area (Å²) in [6.07, 6.45) is 7.84. The Morgan fingerprint density at radius 2 is 1.78 bits per heavy atom. The van der Waals surface area contributed by atoms with Gasteiger partial charge in [0.2, 0.25) is 5.69 Å². The number of benzene rings is 2. The predicted molar refractivity (Wildman–Crippen MR) is 139 cm³/mol. The van der Waals surface area contributed by atoms with Gasteiger partial charge in [-0.3, -0.25) is 0 Å². The fraction of sp³-hybridized carbons (Fsp3) is 0.464. The Morgan fingerprint density at radius 3 is 2.41 bits per heavy atom. The Morgan fingerprint density at radius 1 is 1.03 bits per heavy atom. The Kier molecular flexibility index (Phi) is 8.05. The van der Waals surface area contributed by atoms with Crippen LogP contribution in [0.1, 0.15) is 65.0 Å². The van der Waals surface area contributed by atoms with Gasteiger partial charge in [0.05, 0.1) is 12.5 Å². The van der Waals surface area contributed by atoms with Crippen molar-refractivity contribution in [3.63, 3.8) is 0 Å². The molecular formula is C28H38ClN2O+. The number of ether oxygens (including phenoxy) is 1. The lowest BCUT2D eigenvalue weighted by Crippen LogP contribution is -2.30. The first-order valence-corrected chi connectivity index (χ1v) is 12.4. The highest BCUT2D eigenvalue weighted by Gasteiger charge is 2.46. The van der Waals surface area contributed by atoms with E-state index >= 15 is 0 Å². The highest BCUT2D eigenvalue weighted by atomic mass is 35.5. The lowest BCUT2D eigenvalue weighted by molar-refractivity contribution is -0.438. The maximum Gasteiger partial charge on any atom is 0.209 e. The van der Waals surface area contributed by atoms with Crippen molar-refractivity contribution in [2.24, 2.45) is 0 Å². The molecule has 0 radical (unpaired) electrons. The highest BCUT2D eigenvalue weighted by Crippen LogP contribution is 2.44. The summed E-state index contributed by atoms with van der Waals surface area (Å²) < 4.78 is 8.26. The zero-order chi connectivity index (χ0) is 23.3. The van der Waals surface area contributed by atoms with Crippen LogP contribution >= 0.6 is 11.6 Å². The molecule has 1 aliphatic rings. The summed E-state index contributed by atoms with van der Waals surface area (Å²) in [5.41, 5.74) is 6.17. The average molecular weight is 454 g/mol. The monoisotopic (exact) mass is 453 g/mol. The van der Waals surface area contributed by atoms with E-state index in [1.165, 1.54) is 29.1 Å². The molecule has 2 aromatic rings. The zero-order valence-electron chi connectivity index (χ0n) is 20.5. The van der Waals surface area contributed by atoms with Gasteiger partial charge in [-0.05, 0) is 57.5 Å². The molecule has 3 nitrogen and oxygen atoms in total. The number of methoxy groups -OCH3 is 1. The van der Waals surface area contributed by atoms with Crippen molar-refractivity contribution in [2.75, 3.05) is 31.6 Å². The van der Waals surface area contributed by atoms with Gasteiger partial charge in [0.15, 0.2) is 5.71 Å². The molecule has 0 amide bonds. The summed E-state index contributed by atoms with van der Waals surface area (Å²) in [5.74, 6) is 0.906. The highest BCUT2D eigenvalue weighted by molar-refractivity contribution is 6.30. The SMILES string of the molecule is CCCC[N+]1=C(/C=C/c2ccc(N(CC)CC)cc2OC)C(C)(CC)c2cc(Cl)ccc21. The van der Waals surface area contributed by atoms with Gasteiger partial charge in [-0.25, -0.2) is 0 Å². The second kappa shape index (κ2) is 10.6. The quantitative estimate of drug-likeness (QED) is 0.346. The molecule has 32 heavy (non-hydrogen) atoms. The molecule has 1 heterocycles. The van der Waals surface area contributed by atoms with Gasteiger partial charge in [-0.1, -0.05) is 31.9 Å². The largest absolute Gasteiger partial charge is 0.496 e. The Labute approximate surface area is 199 Å². The molecule has 0 N–H and O–H groups in total. The number of unbranched alkanes of at least 4 members (excludes halogenated alkanes) is 1. The molecule has 172 valence electrons. The molecule has 1 aliphatic heterocycles. The predicted octanol–water partition coefficient (Wildman–Crippen LogP) is 7.47. The second-order valence-corrected chi connectivity index (χ2v) is 9.11. The van der Waals surface area contributed by atoms with Gasteiger partial charge in [-0.15, -0.1) is 0 Å². The van der Waals surface area contributed by atoms with Crippen molar-refractivity contribution in [3.8, 4) is 5.75 Å². The molecule has 2 aromatic carbocycles. The molecular weight excluding hydrogens is 416 g/mol. The number of anilines is 1. The smallest absolute Gasteiger partial charge is 0.209 e. The van der Waals surface area contributed by atoms with Gasteiger partial charge < -0.3 is 9.64 Å². The maximum atomic E-state index is 6.42. The van der Waals surface area contributed by atoms with E-state index in [9.17, 15) is 0 Å². The van der Waals surface area contributed by atoms with Gasteiger partial charge in [0, 0.05) is 59.6 Å². The number of hydrogen-bond donors (Lipinski definition) is 0. The van der Waals surface area contributed by atoms with E-state index in [-0.39, 0.29) is 5.41 Å². The minimum absolute atomic E-state index is 0.0706. The molecule has 1 atom stereocenters. The number of nitrogens with zero attached hydrogens (tertiary/aromatic N) is 2. The fourth-order valence-corrected chi connectivity index (χ4v) is 4.92. The van der Waals surface area contributed by atoms with E-state index in [1.54, 1.807) is 7.11 Å². The molecule has 0 saturated carbocycles. The van der Waals surface area contributed by atoms with Crippen molar-refractivity contribution in [2.45, 2.75) is 59.3 Å². The summed E-state index contributed by atoms with van der Waals surface area (Å²) in [6.45, 7) is 14.2. The minimum Gasteiger partial charge on any atom is -0.496 e. The summed E-state index contributed by atoms with van der Waals surface area (Å²) in [6, 6.07) is 12.9. The number of fused-ring (bicyclic) bond motifs is 1. The van der Waals surface area contributed by atoms with Crippen LogP contribution in [0.25, 0.3) is 6.08 Å². The molecule has 0 aliphatic carbocycles. The Hall–Kier alpha value is -2.26. The molecule has 0 bridgehead atoms. The van der Waals surface area contributed by atoms with E-state index < -0.39 is 0 Å². The van der Waals surface area contributed by atoms with Crippen LogP contribution in [0.5, 0.6) is 5.75 Å². The molecule has 3 rings (SSSR count). The summed E-state index contributed by atoms with van der Waals surface area (Å²) >= 11 is 6.42. The number of halogens is 1. The second-order valence-electron chi connectivity index (χ2n) is 8.67. The first kappa shape index (κ1) is 24.4. The first-order valence-electron chi connectivity index (χ1n) is 12.0. The minimum atomic E-state index is -0.0706. The van der Waals surface area contributed by atoms with Crippen molar-refractivity contribution in [1.82, 2.24) is 0 Å². The summed E-state index contributed by atoms with van der Waals surface area (Å²) in [5, 5.41) is 0.803. The lowest BCUT2D eigenvalue weighted by Gasteiger charge is -2.22. The van der Waals surface area contributed by atoms with Gasteiger partial charge in [0.25, 0.3) is 0 Å². The summed E-state index contributed by atoms with van der Waals surface area (Å²) in [4.78, 5) is 2.34. The van der Waals surface area contributed by atoms with Crippen LogP contribution < -0.4 is 9.64 Å². The van der Waals surface area contributed by atoms with E-state index in [0.717, 1.165) is 48.8 Å². The summed E-state index contributed by atoms with van der Waals surface area (Å²) in [7, 11) is 1.75. The topological polar surface area (TPSA) is 15.5 Å². The molecule has 0 spiro atoms. The third-order valence-electron chi connectivity index (χ3n) is 6.91. The fourth-order valence-electron chi connectivity index (χ4n) is 4.75. The maximum absolute atomic E-state index is 6.42. The van der Waals surface area contributed by atoms with E-state index in [4.69, 9.17) is 16.3 Å². The van der Waals surface area contributed by atoms with Crippen LogP contribution in [0.4, 0.5) is 11.4 Å². The van der Waals surface area contributed by atoms with Gasteiger partial charge in [-0.2, -0.15) is 4.58 Å². The molecule has 1 unspecified atom stereocenters. The molecule has 4 heteroatoms. The lowest BCUT2D eigenvalue weighted by atomic mass is 9.77. The van der Waals surface area contributed by atoms with E-state index in [0.29, 0.717) is 0 Å². The van der Waals surface area contributed by atoms with Crippen molar-refractivity contribution in [1.29, 1.82) is 0 Å². The standard InChI is InChI=1S/C28H38ClN2O/c1-7-11-18-31-25-16-14-22(29)19-24(25)28(5,8-2)27(31)17-13-21-12-15-23(20-26(21)32-6)30(9-3)10-4/h12-17,19-20H,7-11,18H2,1-6H3/q+1. The third kappa shape index (κ3) is 4.59. The first-order chi connectivity index (χ1) is 15.4. The Balaban J connectivity index is 2.07. The van der Waals surface area contributed by atoms with E-state index in [2.05, 4.69) is 86.6 Å². The normalized spacial score (nSPS) is 17.8. The van der Waals surface area contributed by atoms with Crippen molar-refractivity contribution < 1.29 is 9.31 Å². The van der Waals surface area contributed by atoms with Crippen molar-refractivity contribution >= 4 is 34.8 Å². The number of allylic oxidation sites excluding steroid dienone is 1. The molecule has 0 fully saturated rings. The van der Waals surface area contributed by atoms with Crippen LogP contribution in [0.15, 0.2) is 42.5 Å². The van der Waals surface area contributed by atoms with Crippen LogP contribution in [-0.4, -0.2) is 37.0 Å². The van der Waals surface area contributed by atoms with Gasteiger partial charge >= 0.3 is 0 Å². The van der Waals surface area contributed by atoms with Crippen molar-refractivity contribution in [3.05, 3.63) is 58.6 Å². The molecule has 0 saturated heterocycles. The van der Waals surface area contributed by atoms with Crippen LogP contribution in [-0.2, 0) is 5.41 Å². The van der Waals surface area contributed by atoms with Crippen LogP contribution in [0.3, 0.4) is 0 Å². The Bertz CT molecular complexity index is 1010. The van der Waals surface area contributed by atoms with Crippen LogP contribution in [0.2, 0.25) is 5.02 Å². The average Bonchev–Trinajstić information content (AvgIpc) is 3.04. The van der Waals surface area contributed by atoms with E-state index in [1.807, 2.05) is 6.07 Å². The number of hydrogen-bond acceptors (Lipinski definition) is 2. The van der Waals surface area contributed by atoms with Crippen LogP contribution in [0, 0.1) is 0 Å². The third-order valence-corrected chi connectivity index (χ3v) is 7.14. The van der Waals surface area contributed by atoms with Gasteiger partial charge in [0.1, 0.15) is 12.3 Å². The molecule has 0 aromatic heterocycles. The number of rotatable bonds is 10. The zero-order valence-corrected chi connectivity index (χ0v) is 21.3.